The molecule has 2 N–H and O–H groups in total. The predicted molar refractivity (Wildman–Crippen MR) is 108 cm³/mol. The van der Waals surface area contributed by atoms with Crippen molar-refractivity contribution in [2.75, 3.05) is 51.8 Å². The number of hydrogen-bond acceptors (Lipinski definition) is 4. The van der Waals surface area contributed by atoms with E-state index in [4.69, 9.17) is 4.74 Å². The predicted octanol–water partition coefficient (Wildman–Crippen LogP) is 2.63. The van der Waals surface area contributed by atoms with Crippen LogP contribution < -0.4 is 15.5 Å². The third kappa shape index (κ3) is 6.58. The van der Waals surface area contributed by atoms with Crippen molar-refractivity contribution in [1.82, 2.24) is 10.6 Å². The summed E-state index contributed by atoms with van der Waals surface area (Å²) in [5.41, 5.74) is 0.162. The zero-order valence-electron chi connectivity index (χ0n) is 15.4. The van der Waals surface area contributed by atoms with Gasteiger partial charge in [-0.05, 0) is 44.5 Å². The Morgan fingerprint density at radius 3 is 2.58 bits per heavy atom. The SMILES string of the molecule is COCC1(C(=O)NCCCN(C)c2ccccc2F)CCNCC1.Cl.Cl. The van der Waals surface area contributed by atoms with Crippen LogP contribution in [0.5, 0.6) is 0 Å². The molecule has 26 heavy (non-hydrogen) atoms. The Hall–Kier alpha value is -1.08. The van der Waals surface area contributed by atoms with Crippen molar-refractivity contribution in [3.63, 3.8) is 0 Å². The van der Waals surface area contributed by atoms with E-state index >= 15 is 0 Å². The van der Waals surface area contributed by atoms with E-state index < -0.39 is 5.41 Å². The zero-order valence-corrected chi connectivity index (χ0v) is 17.1. The molecule has 1 aromatic rings. The lowest BCUT2D eigenvalue weighted by Gasteiger charge is -2.35. The number of halogens is 3. The van der Waals surface area contributed by atoms with E-state index in [0.29, 0.717) is 25.4 Å². The number of nitrogens with zero attached hydrogens (tertiary/aromatic N) is 1. The lowest BCUT2D eigenvalue weighted by atomic mass is 9.78. The fraction of sp³-hybridized carbons (Fsp3) is 0.611. The second-order valence-corrected chi connectivity index (χ2v) is 6.45. The number of piperidine rings is 1. The molecule has 0 aromatic heterocycles. The number of benzene rings is 1. The van der Waals surface area contributed by atoms with Crippen LogP contribution in [0.1, 0.15) is 19.3 Å². The molecule has 2 rings (SSSR count). The lowest BCUT2D eigenvalue weighted by Crippen LogP contribution is -2.50. The number of para-hydroxylation sites is 1. The molecule has 1 amide bonds. The second-order valence-electron chi connectivity index (χ2n) is 6.45. The second kappa shape index (κ2) is 12.3. The normalized spacial score (nSPS) is 15.3. The number of carbonyl (C=O) groups excluding carboxylic acids is 1. The maximum atomic E-state index is 13.7. The van der Waals surface area contributed by atoms with Gasteiger partial charge in [0, 0.05) is 27.2 Å². The van der Waals surface area contributed by atoms with Crippen molar-refractivity contribution in [2.24, 2.45) is 5.41 Å². The third-order valence-electron chi connectivity index (χ3n) is 4.68. The van der Waals surface area contributed by atoms with E-state index in [9.17, 15) is 9.18 Å². The van der Waals surface area contributed by atoms with E-state index in [0.717, 1.165) is 32.4 Å². The number of hydrogen-bond donors (Lipinski definition) is 2. The van der Waals surface area contributed by atoms with Crippen molar-refractivity contribution in [2.45, 2.75) is 19.3 Å². The molecule has 0 saturated carbocycles. The molecule has 1 heterocycles. The van der Waals surface area contributed by atoms with Crippen LogP contribution in [-0.2, 0) is 9.53 Å². The largest absolute Gasteiger partial charge is 0.384 e. The van der Waals surface area contributed by atoms with Crippen LogP contribution in [0.15, 0.2) is 24.3 Å². The molecule has 1 aliphatic rings. The summed E-state index contributed by atoms with van der Waals surface area (Å²) in [5, 5.41) is 6.31. The minimum absolute atomic E-state index is 0. The van der Waals surface area contributed by atoms with E-state index in [1.165, 1.54) is 6.07 Å². The molecule has 1 aromatic carbocycles. The molecular weight excluding hydrogens is 380 g/mol. The number of nitrogens with one attached hydrogen (secondary N) is 2. The summed E-state index contributed by atoms with van der Waals surface area (Å²) < 4.78 is 19.0. The van der Waals surface area contributed by atoms with E-state index in [2.05, 4.69) is 10.6 Å². The number of methoxy groups -OCH3 is 1. The van der Waals surface area contributed by atoms with Gasteiger partial charge in [-0.2, -0.15) is 0 Å². The van der Waals surface area contributed by atoms with E-state index in [1.54, 1.807) is 19.2 Å². The smallest absolute Gasteiger partial charge is 0.228 e. The number of rotatable bonds is 8. The Labute approximate surface area is 167 Å². The monoisotopic (exact) mass is 409 g/mol. The average molecular weight is 410 g/mol. The Balaban J connectivity index is 0.00000312. The van der Waals surface area contributed by atoms with Gasteiger partial charge in [0.15, 0.2) is 0 Å². The van der Waals surface area contributed by atoms with Crippen molar-refractivity contribution in [3.8, 4) is 0 Å². The topological polar surface area (TPSA) is 53.6 Å². The molecular formula is C18H30Cl2FN3O2. The first-order valence-corrected chi connectivity index (χ1v) is 8.53. The van der Waals surface area contributed by atoms with Crippen LogP contribution in [0.4, 0.5) is 10.1 Å². The van der Waals surface area contributed by atoms with Crippen molar-refractivity contribution in [1.29, 1.82) is 0 Å². The summed E-state index contributed by atoms with van der Waals surface area (Å²) in [4.78, 5) is 14.5. The molecule has 1 fully saturated rings. The van der Waals surface area contributed by atoms with Crippen LogP contribution in [0.25, 0.3) is 0 Å². The molecule has 0 spiro atoms. The number of amides is 1. The fourth-order valence-corrected chi connectivity index (χ4v) is 3.21. The molecule has 8 heteroatoms. The van der Waals surface area contributed by atoms with Gasteiger partial charge < -0.3 is 20.3 Å². The summed E-state index contributed by atoms with van der Waals surface area (Å²) in [6.45, 7) is 3.39. The first-order chi connectivity index (χ1) is 11.6. The van der Waals surface area contributed by atoms with Crippen molar-refractivity contribution >= 4 is 36.4 Å². The Bertz CT molecular complexity index is 537. The quantitative estimate of drug-likeness (QED) is 0.647. The highest BCUT2D eigenvalue weighted by Crippen LogP contribution is 2.29. The van der Waals surface area contributed by atoms with Crippen LogP contribution in [0.2, 0.25) is 0 Å². The molecule has 5 nitrogen and oxygen atoms in total. The Kier molecular flexibility index (Phi) is 11.8. The molecule has 150 valence electrons. The average Bonchev–Trinajstić information content (AvgIpc) is 2.59. The van der Waals surface area contributed by atoms with E-state index in [-0.39, 0.29) is 36.5 Å². The Morgan fingerprint density at radius 1 is 1.31 bits per heavy atom. The highest BCUT2D eigenvalue weighted by atomic mass is 35.5. The highest BCUT2D eigenvalue weighted by molar-refractivity contribution is 5.85. The maximum Gasteiger partial charge on any atom is 0.228 e. The summed E-state index contributed by atoms with van der Waals surface area (Å²) in [6, 6.07) is 6.72. The zero-order chi connectivity index (χ0) is 17.4. The van der Waals surface area contributed by atoms with Crippen LogP contribution in [0.3, 0.4) is 0 Å². The fourth-order valence-electron chi connectivity index (χ4n) is 3.21. The van der Waals surface area contributed by atoms with Gasteiger partial charge in [-0.25, -0.2) is 4.39 Å². The molecule has 0 bridgehead atoms. The van der Waals surface area contributed by atoms with Gasteiger partial charge in [0.2, 0.25) is 5.91 Å². The van der Waals surface area contributed by atoms with Gasteiger partial charge >= 0.3 is 0 Å². The first-order valence-electron chi connectivity index (χ1n) is 8.53. The van der Waals surface area contributed by atoms with Gasteiger partial charge in [0.05, 0.1) is 17.7 Å². The number of carbonyl (C=O) groups is 1. The van der Waals surface area contributed by atoms with Crippen LogP contribution in [0, 0.1) is 11.2 Å². The van der Waals surface area contributed by atoms with Gasteiger partial charge in [0.25, 0.3) is 0 Å². The standard InChI is InChI=1S/C18H28FN3O2.2ClH/c1-22(16-7-4-3-6-15(16)19)13-5-10-21-17(23)18(14-24-2)8-11-20-12-9-18;;/h3-4,6-7,20H,5,8-14H2,1-2H3,(H,21,23);2*1H. The minimum atomic E-state index is -0.419. The van der Waals surface area contributed by atoms with Crippen molar-refractivity contribution in [3.05, 3.63) is 30.1 Å². The summed E-state index contributed by atoms with van der Waals surface area (Å²) in [7, 11) is 3.50. The molecule has 1 aliphatic heterocycles. The molecule has 0 unspecified atom stereocenters. The van der Waals surface area contributed by atoms with E-state index in [1.807, 2.05) is 18.0 Å². The first kappa shape index (κ1) is 24.9. The highest BCUT2D eigenvalue weighted by Gasteiger charge is 2.39. The van der Waals surface area contributed by atoms with Gasteiger partial charge in [-0.3, -0.25) is 4.79 Å². The van der Waals surface area contributed by atoms with Crippen molar-refractivity contribution < 1.29 is 13.9 Å². The maximum absolute atomic E-state index is 13.7. The molecule has 0 radical (unpaired) electrons. The molecule has 0 atom stereocenters. The minimum Gasteiger partial charge on any atom is -0.384 e. The summed E-state index contributed by atoms with van der Waals surface area (Å²) >= 11 is 0. The third-order valence-corrected chi connectivity index (χ3v) is 4.68. The lowest BCUT2D eigenvalue weighted by molar-refractivity contribution is -0.136. The molecule has 1 saturated heterocycles. The van der Waals surface area contributed by atoms with Crippen LogP contribution in [-0.4, -0.2) is 52.9 Å². The molecule has 0 aliphatic carbocycles. The number of ether oxygens (including phenoxy) is 1. The number of anilines is 1. The van der Waals surface area contributed by atoms with Gasteiger partial charge in [0.1, 0.15) is 5.82 Å². The summed E-state index contributed by atoms with van der Waals surface area (Å²) in [5.74, 6) is -0.155. The van der Waals surface area contributed by atoms with Gasteiger partial charge in [-0.15, -0.1) is 24.8 Å². The summed E-state index contributed by atoms with van der Waals surface area (Å²) in [6.07, 6.45) is 2.35. The Morgan fingerprint density at radius 2 is 1.96 bits per heavy atom. The van der Waals surface area contributed by atoms with Crippen LogP contribution >= 0.6 is 24.8 Å². The van der Waals surface area contributed by atoms with Gasteiger partial charge in [-0.1, -0.05) is 12.1 Å².